The van der Waals surface area contributed by atoms with Gasteiger partial charge in [-0.2, -0.15) is 0 Å². The van der Waals surface area contributed by atoms with E-state index in [0.717, 1.165) is 0 Å². The summed E-state index contributed by atoms with van der Waals surface area (Å²) in [6.45, 7) is 0.125. The van der Waals surface area contributed by atoms with E-state index in [2.05, 4.69) is 10.3 Å². The highest BCUT2D eigenvalue weighted by Gasteiger charge is 2.12. The minimum absolute atomic E-state index is 0.154. The Morgan fingerprint density at radius 2 is 2.56 bits per heavy atom. The average molecular weight is 245 g/mol. The van der Waals surface area contributed by atoms with Gasteiger partial charge in [0.2, 0.25) is 5.91 Å². The van der Waals surface area contributed by atoms with E-state index < -0.39 is 0 Å². The summed E-state index contributed by atoms with van der Waals surface area (Å²) in [4.78, 5) is 15.5. The molecule has 6 nitrogen and oxygen atoms in total. The largest absolute Gasteiger partial charge is 0.394 e. The summed E-state index contributed by atoms with van der Waals surface area (Å²) in [6.07, 6.45) is 0.161. The van der Waals surface area contributed by atoms with Crippen LogP contribution < -0.4 is 11.1 Å². The third kappa shape index (κ3) is 4.13. The van der Waals surface area contributed by atoms with E-state index >= 15 is 0 Å². The molecule has 0 aliphatic carbocycles. The number of methoxy groups -OCH3 is 1. The molecule has 1 amide bonds. The van der Waals surface area contributed by atoms with Crippen LogP contribution in [0.1, 0.15) is 5.69 Å². The Bertz CT molecular complexity index is 342. The van der Waals surface area contributed by atoms with E-state index in [-0.39, 0.29) is 31.6 Å². The lowest BCUT2D eigenvalue weighted by molar-refractivity contribution is -0.121. The SMILES string of the molecule is COCC(CO)NC(=O)Cc1csc(N)n1. The van der Waals surface area contributed by atoms with Crippen LogP contribution in [0.4, 0.5) is 5.13 Å². The molecule has 0 saturated carbocycles. The number of aromatic nitrogens is 1. The number of nitrogen functional groups attached to an aromatic ring is 1. The lowest BCUT2D eigenvalue weighted by atomic mass is 10.3. The molecule has 0 spiro atoms. The monoisotopic (exact) mass is 245 g/mol. The maximum absolute atomic E-state index is 11.5. The number of amides is 1. The Morgan fingerprint density at radius 3 is 3.06 bits per heavy atom. The number of carbonyl (C=O) groups excluding carboxylic acids is 1. The van der Waals surface area contributed by atoms with Crippen molar-refractivity contribution in [2.75, 3.05) is 26.1 Å². The van der Waals surface area contributed by atoms with Crippen LogP contribution in [0.2, 0.25) is 0 Å². The van der Waals surface area contributed by atoms with E-state index in [9.17, 15) is 4.79 Å². The number of aliphatic hydroxyl groups is 1. The fraction of sp³-hybridized carbons (Fsp3) is 0.556. The molecule has 1 unspecified atom stereocenters. The number of hydrogen-bond acceptors (Lipinski definition) is 6. The number of thiazole rings is 1. The van der Waals surface area contributed by atoms with Gasteiger partial charge in [-0.3, -0.25) is 4.79 Å². The zero-order valence-electron chi connectivity index (χ0n) is 8.97. The van der Waals surface area contributed by atoms with Gasteiger partial charge in [-0.15, -0.1) is 11.3 Å². The Balaban J connectivity index is 2.40. The number of nitrogens with zero attached hydrogens (tertiary/aromatic N) is 1. The van der Waals surface area contributed by atoms with Crippen LogP contribution in [0, 0.1) is 0 Å². The fourth-order valence-corrected chi connectivity index (χ4v) is 1.75. The molecule has 16 heavy (non-hydrogen) atoms. The molecule has 90 valence electrons. The first kappa shape index (κ1) is 12.9. The molecule has 1 rings (SSSR count). The van der Waals surface area contributed by atoms with Crippen LogP contribution >= 0.6 is 11.3 Å². The summed E-state index contributed by atoms with van der Waals surface area (Å²) in [5, 5.41) is 13.8. The molecule has 7 heteroatoms. The van der Waals surface area contributed by atoms with Gasteiger partial charge in [0, 0.05) is 12.5 Å². The van der Waals surface area contributed by atoms with Gasteiger partial charge in [0.05, 0.1) is 31.4 Å². The first-order valence-corrected chi connectivity index (χ1v) is 5.62. The van der Waals surface area contributed by atoms with Crippen molar-refractivity contribution in [3.05, 3.63) is 11.1 Å². The molecule has 0 radical (unpaired) electrons. The van der Waals surface area contributed by atoms with E-state index in [4.69, 9.17) is 15.6 Å². The van der Waals surface area contributed by atoms with Crippen LogP contribution in [-0.4, -0.2) is 42.4 Å². The van der Waals surface area contributed by atoms with Crippen LogP contribution in [0.3, 0.4) is 0 Å². The molecule has 0 aliphatic heterocycles. The van der Waals surface area contributed by atoms with Crippen molar-refractivity contribution in [2.24, 2.45) is 0 Å². The molecular weight excluding hydrogens is 230 g/mol. The molecule has 1 aromatic heterocycles. The van der Waals surface area contributed by atoms with Gasteiger partial charge in [0.25, 0.3) is 0 Å². The first-order valence-electron chi connectivity index (χ1n) is 4.74. The van der Waals surface area contributed by atoms with Gasteiger partial charge in [0.15, 0.2) is 5.13 Å². The van der Waals surface area contributed by atoms with Crippen molar-refractivity contribution in [3.8, 4) is 0 Å². The number of nitrogens with two attached hydrogens (primary N) is 1. The standard InChI is InChI=1S/C9H15N3O3S/c1-15-4-7(3-13)11-8(14)2-6-5-16-9(10)12-6/h5,7,13H,2-4H2,1H3,(H2,10,12)(H,11,14). The van der Waals surface area contributed by atoms with Crippen LogP contribution in [-0.2, 0) is 16.0 Å². The molecule has 0 aromatic carbocycles. The second kappa shape index (κ2) is 6.41. The first-order chi connectivity index (χ1) is 7.65. The molecule has 0 fully saturated rings. The lowest BCUT2D eigenvalue weighted by Gasteiger charge is -2.14. The van der Waals surface area contributed by atoms with E-state index in [1.807, 2.05) is 0 Å². The zero-order valence-corrected chi connectivity index (χ0v) is 9.79. The molecule has 0 aliphatic rings. The smallest absolute Gasteiger partial charge is 0.226 e. The van der Waals surface area contributed by atoms with Crippen molar-refractivity contribution < 1.29 is 14.6 Å². The molecular formula is C9H15N3O3S. The van der Waals surface area contributed by atoms with Crippen molar-refractivity contribution in [3.63, 3.8) is 0 Å². The molecule has 0 saturated heterocycles. The van der Waals surface area contributed by atoms with Gasteiger partial charge in [-0.1, -0.05) is 0 Å². The fourth-order valence-electron chi connectivity index (χ4n) is 1.19. The molecule has 1 atom stereocenters. The molecule has 1 aromatic rings. The predicted molar refractivity (Wildman–Crippen MR) is 61.1 cm³/mol. The van der Waals surface area contributed by atoms with Gasteiger partial charge < -0.3 is 20.9 Å². The van der Waals surface area contributed by atoms with E-state index in [0.29, 0.717) is 10.8 Å². The van der Waals surface area contributed by atoms with Crippen molar-refractivity contribution >= 4 is 22.4 Å². The quantitative estimate of drug-likeness (QED) is 0.621. The Morgan fingerprint density at radius 1 is 1.81 bits per heavy atom. The van der Waals surface area contributed by atoms with Crippen molar-refractivity contribution in [2.45, 2.75) is 12.5 Å². The minimum Gasteiger partial charge on any atom is -0.394 e. The van der Waals surface area contributed by atoms with Gasteiger partial charge >= 0.3 is 0 Å². The average Bonchev–Trinajstić information content (AvgIpc) is 2.63. The summed E-state index contributed by atoms with van der Waals surface area (Å²) >= 11 is 1.29. The summed E-state index contributed by atoms with van der Waals surface area (Å²) in [7, 11) is 1.51. The number of ether oxygens (including phenoxy) is 1. The second-order valence-electron chi connectivity index (χ2n) is 3.26. The number of nitrogens with one attached hydrogen (secondary N) is 1. The number of hydrogen-bond donors (Lipinski definition) is 3. The lowest BCUT2D eigenvalue weighted by Crippen LogP contribution is -2.41. The maximum Gasteiger partial charge on any atom is 0.226 e. The number of anilines is 1. The highest BCUT2D eigenvalue weighted by molar-refractivity contribution is 7.13. The van der Waals surface area contributed by atoms with Crippen LogP contribution in [0.25, 0.3) is 0 Å². The highest BCUT2D eigenvalue weighted by Crippen LogP contribution is 2.11. The van der Waals surface area contributed by atoms with Crippen molar-refractivity contribution in [1.29, 1.82) is 0 Å². The third-order valence-corrected chi connectivity index (χ3v) is 2.59. The Kier molecular flexibility index (Phi) is 5.17. The predicted octanol–water partition coefficient (Wildman–Crippen LogP) is -0.609. The highest BCUT2D eigenvalue weighted by atomic mass is 32.1. The van der Waals surface area contributed by atoms with E-state index in [1.165, 1.54) is 18.4 Å². The van der Waals surface area contributed by atoms with Crippen LogP contribution in [0.5, 0.6) is 0 Å². The number of rotatable bonds is 6. The number of aliphatic hydroxyl groups excluding tert-OH is 1. The topological polar surface area (TPSA) is 97.5 Å². The third-order valence-electron chi connectivity index (χ3n) is 1.86. The van der Waals surface area contributed by atoms with Gasteiger partial charge in [-0.25, -0.2) is 4.98 Å². The summed E-state index contributed by atoms with van der Waals surface area (Å²) in [5.74, 6) is -0.207. The Hall–Kier alpha value is -1.18. The van der Waals surface area contributed by atoms with Crippen molar-refractivity contribution in [1.82, 2.24) is 10.3 Å². The maximum atomic E-state index is 11.5. The summed E-state index contributed by atoms with van der Waals surface area (Å²) in [5.41, 5.74) is 6.08. The normalized spacial score (nSPS) is 12.4. The second-order valence-corrected chi connectivity index (χ2v) is 4.15. The zero-order chi connectivity index (χ0) is 12.0. The van der Waals surface area contributed by atoms with E-state index in [1.54, 1.807) is 5.38 Å². The molecule has 0 bridgehead atoms. The van der Waals surface area contributed by atoms with Crippen LogP contribution in [0.15, 0.2) is 5.38 Å². The minimum atomic E-state index is -0.381. The summed E-state index contributed by atoms with van der Waals surface area (Å²) in [6, 6.07) is -0.381. The summed E-state index contributed by atoms with van der Waals surface area (Å²) < 4.78 is 4.84. The van der Waals surface area contributed by atoms with Gasteiger partial charge in [-0.05, 0) is 0 Å². The molecule has 1 heterocycles. The molecule has 4 N–H and O–H groups in total. The Labute approximate surface area is 97.4 Å². The van der Waals surface area contributed by atoms with Gasteiger partial charge in [0.1, 0.15) is 0 Å². The number of carbonyl (C=O) groups is 1.